The third kappa shape index (κ3) is 3.00. The monoisotopic (exact) mass is 250 g/mol. The maximum Gasteiger partial charge on any atom is 0.231 e. The minimum atomic E-state index is 0.275. The molecule has 3 N–H and O–H groups in total. The lowest BCUT2D eigenvalue weighted by atomic mass is 10.2. The fourth-order valence-corrected chi connectivity index (χ4v) is 2.01. The average molecular weight is 250 g/mol. The number of nitrogens with one attached hydrogen (secondary N) is 1. The van der Waals surface area contributed by atoms with Crippen LogP contribution in [0.25, 0.3) is 0 Å². The third-order valence-electron chi connectivity index (χ3n) is 3.37. The summed E-state index contributed by atoms with van der Waals surface area (Å²) >= 11 is 0. The molecule has 0 bridgehead atoms. The first-order chi connectivity index (χ1) is 8.63. The summed E-state index contributed by atoms with van der Waals surface area (Å²) in [4.78, 5) is 14.8. The highest BCUT2D eigenvalue weighted by molar-refractivity contribution is 5.42. The summed E-state index contributed by atoms with van der Waals surface area (Å²) in [5.41, 5.74) is 5.75. The first kappa shape index (κ1) is 12.9. The van der Waals surface area contributed by atoms with Gasteiger partial charge in [0.1, 0.15) is 0 Å². The zero-order valence-corrected chi connectivity index (χ0v) is 11.3. The van der Waals surface area contributed by atoms with Crippen molar-refractivity contribution in [1.29, 1.82) is 0 Å². The Kier molecular flexibility index (Phi) is 3.84. The van der Waals surface area contributed by atoms with Crippen molar-refractivity contribution in [3.05, 3.63) is 0 Å². The van der Waals surface area contributed by atoms with Crippen molar-refractivity contribution in [2.75, 3.05) is 29.0 Å². The van der Waals surface area contributed by atoms with Gasteiger partial charge < -0.3 is 16.0 Å². The molecule has 1 unspecified atom stereocenters. The first-order valence-corrected chi connectivity index (χ1v) is 6.67. The molecule has 1 heterocycles. The molecule has 0 amide bonds. The van der Waals surface area contributed by atoms with Crippen LogP contribution in [0.4, 0.5) is 17.8 Å². The van der Waals surface area contributed by atoms with E-state index in [9.17, 15) is 0 Å². The minimum Gasteiger partial charge on any atom is -0.368 e. The largest absolute Gasteiger partial charge is 0.368 e. The standard InChI is InChI=1S/C12H22N6/c1-4-18(5-2)12-16-10(13)15-11(17-12)14-8(3)9-6-7-9/h8-9H,4-7H2,1-3H3,(H3,13,14,15,16,17). The summed E-state index contributed by atoms with van der Waals surface area (Å²) in [7, 11) is 0. The van der Waals surface area contributed by atoms with E-state index in [1.807, 2.05) is 0 Å². The normalized spacial score (nSPS) is 16.4. The Hall–Kier alpha value is -1.59. The number of aromatic nitrogens is 3. The second-order valence-electron chi connectivity index (χ2n) is 4.76. The predicted molar refractivity (Wildman–Crippen MR) is 73.6 cm³/mol. The first-order valence-electron chi connectivity index (χ1n) is 6.67. The number of hydrogen-bond donors (Lipinski definition) is 2. The number of nitrogens with zero attached hydrogens (tertiary/aromatic N) is 4. The van der Waals surface area contributed by atoms with Crippen LogP contribution < -0.4 is 16.0 Å². The van der Waals surface area contributed by atoms with Crippen LogP contribution >= 0.6 is 0 Å². The summed E-state index contributed by atoms with van der Waals surface area (Å²) < 4.78 is 0. The van der Waals surface area contributed by atoms with Gasteiger partial charge in [-0.2, -0.15) is 15.0 Å². The molecule has 0 saturated heterocycles. The smallest absolute Gasteiger partial charge is 0.231 e. The molecule has 1 fully saturated rings. The number of rotatable bonds is 6. The molecule has 0 aliphatic heterocycles. The van der Waals surface area contributed by atoms with Crippen LogP contribution in [0.15, 0.2) is 0 Å². The van der Waals surface area contributed by atoms with Gasteiger partial charge in [0.15, 0.2) is 0 Å². The van der Waals surface area contributed by atoms with Gasteiger partial charge >= 0.3 is 0 Å². The second kappa shape index (κ2) is 5.37. The van der Waals surface area contributed by atoms with Crippen LogP contribution in [0.3, 0.4) is 0 Å². The highest BCUT2D eigenvalue weighted by Crippen LogP contribution is 2.33. The van der Waals surface area contributed by atoms with Gasteiger partial charge in [-0.05, 0) is 39.5 Å². The van der Waals surface area contributed by atoms with Gasteiger partial charge in [-0.1, -0.05) is 0 Å². The van der Waals surface area contributed by atoms with E-state index in [1.165, 1.54) is 12.8 Å². The van der Waals surface area contributed by atoms with Crippen LogP contribution in [0.1, 0.15) is 33.6 Å². The summed E-state index contributed by atoms with van der Waals surface area (Å²) in [5, 5.41) is 3.32. The fraction of sp³-hybridized carbons (Fsp3) is 0.750. The van der Waals surface area contributed by atoms with Crippen molar-refractivity contribution in [2.45, 2.75) is 39.7 Å². The summed E-state index contributed by atoms with van der Waals surface area (Å²) in [6.07, 6.45) is 2.58. The third-order valence-corrected chi connectivity index (χ3v) is 3.37. The molecule has 0 radical (unpaired) electrons. The molecule has 0 spiro atoms. The molecule has 100 valence electrons. The maximum absolute atomic E-state index is 5.75. The van der Waals surface area contributed by atoms with Gasteiger partial charge in [0.2, 0.25) is 17.8 Å². The van der Waals surface area contributed by atoms with Crippen molar-refractivity contribution >= 4 is 17.8 Å². The Balaban J connectivity index is 2.14. The highest BCUT2D eigenvalue weighted by atomic mass is 15.3. The van der Waals surface area contributed by atoms with Crippen molar-refractivity contribution in [2.24, 2.45) is 5.92 Å². The van der Waals surface area contributed by atoms with Gasteiger partial charge in [-0.3, -0.25) is 0 Å². The van der Waals surface area contributed by atoms with E-state index in [1.54, 1.807) is 0 Å². The molecule has 2 rings (SSSR count). The van der Waals surface area contributed by atoms with Gasteiger partial charge in [0.05, 0.1) is 0 Å². The lowest BCUT2D eigenvalue weighted by Gasteiger charge is -2.20. The average Bonchev–Trinajstić information content (AvgIpc) is 3.13. The number of nitrogens with two attached hydrogens (primary N) is 1. The molecule has 6 heteroatoms. The second-order valence-corrected chi connectivity index (χ2v) is 4.76. The van der Waals surface area contributed by atoms with E-state index in [2.05, 4.69) is 45.9 Å². The van der Waals surface area contributed by atoms with Crippen LogP contribution in [0.5, 0.6) is 0 Å². The zero-order valence-electron chi connectivity index (χ0n) is 11.3. The molecule has 1 aromatic rings. The zero-order chi connectivity index (χ0) is 13.1. The van der Waals surface area contributed by atoms with E-state index in [0.717, 1.165) is 19.0 Å². The van der Waals surface area contributed by atoms with Gasteiger partial charge in [-0.25, -0.2) is 0 Å². The molecule has 1 aliphatic rings. The van der Waals surface area contributed by atoms with Gasteiger partial charge in [0, 0.05) is 19.1 Å². The van der Waals surface area contributed by atoms with Crippen LogP contribution in [0.2, 0.25) is 0 Å². The van der Waals surface area contributed by atoms with Crippen LogP contribution in [-0.4, -0.2) is 34.1 Å². The van der Waals surface area contributed by atoms with Crippen molar-refractivity contribution < 1.29 is 0 Å². The molecule has 18 heavy (non-hydrogen) atoms. The molecule has 1 saturated carbocycles. The van der Waals surface area contributed by atoms with E-state index in [0.29, 0.717) is 17.9 Å². The van der Waals surface area contributed by atoms with E-state index in [-0.39, 0.29) is 5.95 Å². The Bertz CT molecular complexity index is 400. The Morgan fingerprint density at radius 3 is 2.50 bits per heavy atom. The molecular weight excluding hydrogens is 228 g/mol. The summed E-state index contributed by atoms with van der Waals surface area (Å²) in [6, 6.07) is 0.399. The molecule has 6 nitrogen and oxygen atoms in total. The number of anilines is 3. The van der Waals surface area contributed by atoms with E-state index < -0.39 is 0 Å². The fourth-order valence-electron chi connectivity index (χ4n) is 2.01. The van der Waals surface area contributed by atoms with E-state index >= 15 is 0 Å². The molecule has 1 atom stereocenters. The SMILES string of the molecule is CCN(CC)c1nc(N)nc(NC(C)C2CC2)n1. The Morgan fingerprint density at radius 2 is 1.94 bits per heavy atom. The molecule has 1 aromatic heterocycles. The van der Waals surface area contributed by atoms with E-state index in [4.69, 9.17) is 5.73 Å². The van der Waals surface area contributed by atoms with Gasteiger partial charge in [0.25, 0.3) is 0 Å². The topological polar surface area (TPSA) is 80.0 Å². The van der Waals surface area contributed by atoms with Crippen molar-refractivity contribution in [1.82, 2.24) is 15.0 Å². The van der Waals surface area contributed by atoms with Crippen molar-refractivity contribution in [3.63, 3.8) is 0 Å². The molecule has 0 aromatic carbocycles. The summed E-state index contributed by atoms with van der Waals surface area (Å²) in [6.45, 7) is 8.02. The maximum atomic E-state index is 5.75. The molecular formula is C12H22N6. The molecule has 1 aliphatic carbocycles. The minimum absolute atomic E-state index is 0.275. The quantitative estimate of drug-likeness (QED) is 0.796. The lowest BCUT2D eigenvalue weighted by molar-refractivity contribution is 0.684. The summed E-state index contributed by atoms with van der Waals surface area (Å²) in [5.74, 6) is 2.26. The highest BCUT2D eigenvalue weighted by Gasteiger charge is 2.28. The van der Waals surface area contributed by atoms with Gasteiger partial charge in [-0.15, -0.1) is 0 Å². The Morgan fingerprint density at radius 1 is 1.28 bits per heavy atom. The lowest BCUT2D eigenvalue weighted by Crippen LogP contribution is -2.26. The predicted octanol–water partition coefficient (Wildman–Crippen LogP) is 1.51. The number of hydrogen-bond acceptors (Lipinski definition) is 6. The number of nitrogen functional groups attached to an aromatic ring is 1. The van der Waals surface area contributed by atoms with Crippen LogP contribution in [0, 0.1) is 5.92 Å². The van der Waals surface area contributed by atoms with Crippen molar-refractivity contribution in [3.8, 4) is 0 Å². The Labute approximate surface area is 108 Å². The van der Waals surface area contributed by atoms with Crippen LogP contribution in [-0.2, 0) is 0 Å².